The van der Waals surface area contributed by atoms with Gasteiger partial charge in [-0.25, -0.2) is 4.39 Å². The number of fused-ring (bicyclic) bond motifs is 1. The molecule has 1 aliphatic heterocycles. The van der Waals surface area contributed by atoms with Crippen LogP contribution in [0, 0.1) is 11.7 Å². The van der Waals surface area contributed by atoms with Crippen molar-refractivity contribution < 1.29 is 29.0 Å². The van der Waals surface area contributed by atoms with Gasteiger partial charge in [0.15, 0.2) is 0 Å². The Morgan fingerprint density at radius 3 is 2.52 bits per heavy atom. The van der Waals surface area contributed by atoms with Crippen LogP contribution in [0.2, 0.25) is 0 Å². The normalized spacial score (nSPS) is 16.1. The second-order valence-electron chi connectivity index (χ2n) is 11.3. The van der Waals surface area contributed by atoms with Crippen LogP contribution in [0.3, 0.4) is 0 Å². The van der Waals surface area contributed by atoms with Crippen molar-refractivity contribution >= 4 is 17.7 Å². The van der Waals surface area contributed by atoms with Crippen LogP contribution in [-0.2, 0) is 29.1 Å². The molecule has 5 N–H and O–H groups in total. The van der Waals surface area contributed by atoms with Crippen molar-refractivity contribution in [2.75, 3.05) is 26.2 Å². The lowest BCUT2D eigenvalue weighted by Crippen LogP contribution is -2.48. The molecule has 0 aliphatic carbocycles. The monoisotopic (exact) mass is 604 g/mol. The van der Waals surface area contributed by atoms with E-state index in [9.17, 15) is 23.9 Å². The number of aliphatic hydroxyl groups excluding tert-OH is 2. The molecule has 1 aliphatic rings. The van der Waals surface area contributed by atoms with Crippen LogP contribution >= 0.6 is 0 Å². The van der Waals surface area contributed by atoms with Gasteiger partial charge in [-0.2, -0.15) is 0 Å². The number of nitrogens with one attached hydrogen (secondary N) is 3. The highest BCUT2D eigenvalue weighted by Crippen LogP contribution is 2.26. The molecule has 1 heterocycles. The summed E-state index contributed by atoms with van der Waals surface area (Å²) in [5.74, 6) is -1.17. The van der Waals surface area contributed by atoms with Gasteiger partial charge in [-0.3, -0.25) is 14.4 Å². The molecule has 3 atom stereocenters. The Labute approximate surface area is 257 Å². The number of carbonyl (C=O) groups excluding carboxylic acids is 3. The number of nitrogens with zero attached hydrogens (tertiary/aromatic N) is 1. The predicted octanol–water partition coefficient (Wildman–Crippen LogP) is 2.78. The number of halogens is 1. The molecule has 0 radical (unpaired) electrons. The second kappa shape index (κ2) is 15.6. The highest BCUT2D eigenvalue weighted by atomic mass is 19.1. The molecule has 0 spiro atoms. The summed E-state index contributed by atoms with van der Waals surface area (Å²) in [6, 6.07) is 18.7. The molecule has 44 heavy (non-hydrogen) atoms. The van der Waals surface area contributed by atoms with E-state index in [1.54, 1.807) is 17.0 Å². The largest absolute Gasteiger partial charge is 0.394 e. The summed E-state index contributed by atoms with van der Waals surface area (Å²) in [6.07, 6.45) is -0.536. The van der Waals surface area contributed by atoms with Crippen molar-refractivity contribution in [3.05, 3.63) is 94.8 Å². The fourth-order valence-electron chi connectivity index (χ4n) is 5.40. The Morgan fingerprint density at radius 1 is 1.05 bits per heavy atom. The molecule has 0 fully saturated rings. The third-order valence-electron chi connectivity index (χ3n) is 7.66. The van der Waals surface area contributed by atoms with Gasteiger partial charge in [0.1, 0.15) is 11.9 Å². The number of aliphatic hydroxyl groups is 2. The number of amides is 3. The van der Waals surface area contributed by atoms with Gasteiger partial charge in [0.25, 0.3) is 5.91 Å². The van der Waals surface area contributed by atoms with E-state index >= 15 is 0 Å². The lowest BCUT2D eigenvalue weighted by molar-refractivity contribution is -0.137. The highest BCUT2D eigenvalue weighted by molar-refractivity contribution is 6.00. The smallest absolute Gasteiger partial charge is 0.251 e. The molecule has 1 unspecified atom stereocenters. The molecule has 3 amide bonds. The van der Waals surface area contributed by atoms with E-state index in [0.717, 1.165) is 22.3 Å². The van der Waals surface area contributed by atoms with Gasteiger partial charge in [-0.15, -0.1) is 0 Å². The molecule has 3 aromatic carbocycles. The van der Waals surface area contributed by atoms with Crippen molar-refractivity contribution in [3.8, 4) is 11.1 Å². The van der Waals surface area contributed by atoms with Gasteiger partial charge in [0.2, 0.25) is 11.8 Å². The molecule has 3 aromatic rings. The third kappa shape index (κ3) is 8.72. The minimum atomic E-state index is -0.870. The highest BCUT2D eigenvalue weighted by Gasteiger charge is 2.31. The minimum absolute atomic E-state index is 0.0840. The molecule has 10 heteroatoms. The maximum atomic E-state index is 14.2. The standard InChI is InChI=1S/C34H41FN4O5/c1-3-37-33(43)30-7-5-4-6-29(30)24-10-8-23(9-11-24)19-39-20-25-12-13-27(35)15-26(25)16-31(34(39)44)38-32(42)14-22(2)17-36-18-28(41)21-40/h4-13,15,22,28,31,36,40-41H,3,14,16-21H2,1-2H3,(H,37,43)(H,38,42)/t22?,28-,31+/m0/s1. The average Bonchev–Trinajstić information content (AvgIpc) is 3.13. The molecule has 4 rings (SSSR count). The van der Waals surface area contributed by atoms with Gasteiger partial charge in [0, 0.05) is 44.6 Å². The van der Waals surface area contributed by atoms with Gasteiger partial charge in [0.05, 0.1) is 12.7 Å². The van der Waals surface area contributed by atoms with Crippen LogP contribution in [0.25, 0.3) is 11.1 Å². The SMILES string of the molecule is CCNC(=O)c1ccccc1-c1ccc(CN2Cc3ccc(F)cc3C[C@@H](NC(=O)CC(C)CNC[C@H](O)CO)C2=O)cc1. The maximum absolute atomic E-state index is 14.2. The zero-order valence-electron chi connectivity index (χ0n) is 25.2. The number of hydrogen-bond acceptors (Lipinski definition) is 6. The third-order valence-corrected chi connectivity index (χ3v) is 7.66. The zero-order chi connectivity index (χ0) is 31.6. The first-order chi connectivity index (χ1) is 21.2. The van der Waals surface area contributed by atoms with E-state index in [2.05, 4.69) is 16.0 Å². The fourth-order valence-corrected chi connectivity index (χ4v) is 5.40. The zero-order valence-corrected chi connectivity index (χ0v) is 25.2. The summed E-state index contributed by atoms with van der Waals surface area (Å²) in [5.41, 5.74) is 4.64. The second-order valence-corrected chi connectivity index (χ2v) is 11.3. The Kier molecular flexibility index (Phi) is 11.6. The fraction of sp³-hybridized carbons (Fsp3) is 0.382. The van der Waals surface area contributed by atoms with Gasteiger partial charge in [-0.05, 0) is 65.4 Å². The minimum Gasteiger partial charge on any atom is -0.394 e. The van der Waals surface area contributed by atoms with Crippen LogP contribution in [0.1, 0.15) is 47.3 Å². The van der Waals surface area contributed by atoms with Crippen LogP contribution in [0.15, 0.2) is 66.7 Å². The molecule has 9 nitrogen and oxygen atoms in total. The molecule has 0 saturated carbocycles. The van der Waals surface area contributed by atoms with E-state index in [1.165, 1.54) is 12.1 Å². The Bertz CT molecular complexity index is 1450. The summed E-state index contributed by atoms with van der Waals surface area (Å²) >= 11 is 0. The Morgan fingerprint density at radius 2 is 1.80 bits per heavy atom. The summed E-state index contributed by atoms with van der Waals surface area (Å²) in [6.45, 7) is 5.15. The first kappa shape index (κ1) is 32.8. The van der Waals surface area contributed by atoms with Crippen molar-refractivity contribution in [3.63, 3.8) is 0 Å². The Balaban J connectivity index is 1.48. The molecular formula is C34H41FN4O5. The summed E-state index contributed by atoms with van der Waals surface area (Å²) < 4.78 is 14.2. The van der Waals surface area contributed by atoms with Crippen molar-refractivity contribution in [2.45, 2.75) is 51.9 Å². The molecule has 0 aromatic heterocycles. The topological polar surface area (TPSA) is 131 Å². The number of benzene rings is 3. The van der Waals surface area contributed by atoms with Crippen LogP contribution < -0.4 is 16.0 Å². The van der Waals surface area contributed by atoms with Crippen molar-refractivity contribution in [1.82, 2.24) is 20.9 Å². The predicted molar refractivity (Wildman–Crippen MR) is 166 cm³/mol. The average molecular weight is 605 g/mol. The summed E-state index contributed by atoms with van der Waals surface area (Å²) in [7, 11) is 0. The van der Waals surface area contributed by atoms with E-state index in [-0.39, 0.29) is 62.7 Å². The molecular weight excluding hydrogens is 563 g/mol. The molecule has 0 saturated heterocycles. The molecule has 234 valence electrons. The number of hydrogen-bond donors (Lipinski definition) is 5. The van der Waals surface area contributed by atoms with E-state index in [0.29, 0.717) is 24.2 Å². The maximum Gasteiger partial charge on any atom is 0.251 e. The van der Waals surface area contributed by atoms with Crippen LogP contribution in [-0.4, -0.2) is 71.2 Å². The van der Waals surface area contributed by atoms with Gasteiger partial charge >= 0.3 is 0 Å². The molecule has 0 bridgehead atoms. The van der Waals surface area contributed by atoms with E-state index < -0.39 is 18.0 Å². The lowest BCUT2D eigenvalue weighted by atomic mass is 9.98. The summed E-state index contributed by atoms with van der Waals surface area (Å²) in [5, 5.41) is 27.2. The Hall–Kier alpha value is -4.12. The van der Waals surface area contributed by atoms with E-state index in [1.807, 2.05) is 56.3 Å². The van der Waals surface area contributed by atoms with Crippen LogP contribution in [0.5, 0.6) is 0 Å². The first-order valence-corrected chi connectivity index (χ1v) is 15.0. The first-order valence-electron chi connectivity index (χ1n) is 15.0. The number of rotatable bonds is 13. The van der Waals surface area contributed by atoms with Crippen molar-refractivity contribution in [2.24, 2.45) is 5.92 Å². The summed E-state index contributed by atoms with van der Waals surface area (Å²) in [4.78, 5) is 41.0. The van der Waals surface area contributed by atoms with E-state index in [4.69, 9.17) is 5.11 Å². The number of carbonyl (C=O) groups is 3. The van der Waals surface area contributed by atoms with Gasteiger partial charge in [-0.1, -0.05) is 55.5 Å². The van der Waals surface area contributed by atoms with Crippen molar-refractivity contribution in [1.29, 1.82) is 0 Å². The van der Waals surface area contributed by atoms with Crippen LogP contribution in [0.4, 0.5) is 4.39 Å². The van der Waals surface area contributed by atoms with Gasteiger partial charge < -0.3 is 31.1 Å². The quantitative estimate of drug-likeness (QED) is 0.204. The lowest BCUT2D eigenvalue weighted by Gasteiger charge is -2.26.